The molecule has 17 heavy (non-hydrogen) atoms. The number of unbranched alkanes of at least 4 members (excludes halogenated alkanes) is 4. The highest BCUT2D eigenvalue weighted by molar-refractivity contribution is 4.72. The minimum Gasteiger partial charge on any atom is -0.303 e. The fourth-order valence-corrected chi connectivity index (χ4v) is 2.94. The Labute approximate surface area is 107 Å². The molecule has 1 atom stereocenters. The van der Waals surface area contributed by atoms with Crippen LogP contribution in [0.2, 0.25) is 0 Å². The fraction of sp³-hybridized carbons (Fsp3) is 1.00. The molecular weight excluding hydrogens is 213 g/mol. The van der Waals surface area contributed by atoms with Crippen LogP contribution >= 0.6 is 0 Å². The topological polar surface area (TPSA) is 3.24 Å². The van der Waals surface area contributed by atoms with Crippen LogP contribution in [-0.2, 0) is 0 Å². The number of nitrogens with zero attached hydrogens (tertiary/aromatic N) is 1. The van der Waals surface area contributed by atoms with Crippen molar-refractivity contribution in [2.24, 2.45) is 5.92 Å². The Kier molecular flexibility index (Phi) is 10.9. The van der Waals surface area contributed by atoms with Crippen molar-refractivity contribution in [1.29, 1.82) is 0 Å². The zero-order valence-corrected chi connectivity index (χ0v) is 11.9. The number of hydrogen-bond donors (Lipinski definition) is 0. The lowest BCUT2D eigenvalue weighted by molar-refractivity contribution is 0.165. The summed E-state index contributed by atoms with van der Waals surface area (Å²) in [6, 6.07) is 0. The molecular formula is C15H32FN. The molecule has 0 aromatic rings. The van der Waals surface area contributed by atoms with E-state index < -0.39 is 0 Å². The second-order valence-electron chi connectivity index (χ2n) is 5.51. The van der Waals surface area contributed by atoms with E-state index in [1.165, 1.54) is 77.4 Å². The monoisotopic (exact) mass is 245 g/mol. The normalized spacial score (nSPS) is 21.2. The van der Waals surface area contributed by atoms with Crippen molar-refractivity contribution in [3.8, 4) is 0 Å². The Morgan fingerprint density at radius 2 is 1.76 bits per heavy atom. The number of rotatable bonds is 8. The van der Waals surface area contributed by atoms with E-state index in [4.69, 9.17) is 0 Å². The van der Waals surface area contributed by atoms with Crippen molar-refractivity contribution in [3.05, 3.63) is 0 Å². The van der Waals surface area contributed by atoms with Crippen molar-refractivity contribution in [1.82, 2.24) is 4.90 Å². The second kappa shape index (κ2) is 11.0. The van der Waals surface area contributed by atoms with Gasteiger partial charge in [-0.2, -0.15) is 0 Å². The summed E-state index contributed by atoms with van der Waals surface area (Å²) in [4.78, 5) is 2.72. The predicted octanol–water partition coefficient (Wildman–Crippen LogP) is 4.62. The summed E-state index contributed by atoms with van der Waals surface area (Å²) in [7, 11) is 0. The fourth-order valence-electron chi connectivity index (χ4n) is 2.94. The van der Waals surface area contributed by atoms with E-state index in [0.717, 1.165) is 5.92 Å². The lowest BCUT2D eigenvalue weighted by Crippen LogP contribution is -2.35. The summed E-state index contributed by atoms with van der Waals surface area (Å²) in [5.41, 5.74) is 0. The third-order valence-electron chi connectivity index (χ3n) is 3.88. The smallest absolute Gasteiger partial charge is 0.000966 e. The molecule has 0 N–H and O–H groups in total. The van der Waals surface area contributed by atoms with Gasteiger partial charge in [-0.3, -0.25) is 4.70 Å². The standard InChI is InChI=1S/C15H31N.FH/c1-3-5-6-7-8-12-16-13-9-11-15(14-16)10-4-2;/h15H,3-14H2,1-2H3;1H. The van der Waals surface area contributed by atoms with Crippen molar-refractivity contribution in [2.75, 3.05) is 19.6 Å². The molecule has 0 bridgehead atoms. The van der Waals surface area contributed by atoms with Crippen LogP contribution < -0.4 is 0 Å². The molecule has 0 amide bonds. The van der Waals surface area contributed by atoms with E-state index in [0.29, 0.717) is 0 Å². The molecule has 1 aliphatic heterocycles. The average Bonchev–Trinajstić information content (AvgIpc) is 2.30. The SMILES string of the molecule is CCCCCCCN1CCCC(CCC)C1.F. The quantitative estimate of drug-likeness (QED) is 0.564. The van der Waals surface area contributed by atoms with E-state index in [1.54, 1.807) is 0 Å². The van der Waals surface area contributed by atoms with Crippen molar-refractivity contribution < 1.29 is 4.70 Å². The predicted molar refractivity (Wildman–Crippen MR) is 75.3 cm³/mol. The van der Waals surface area contributed by atoms with Gasteiger partial charge in [-0.25, -0.2) is 0 Å². The van der Waals surface area contributed by atoms with Crippen LogP contribution in [-0.4, -0.2) is 24.5 Å². The average molecular weight is 245 g/mol. The number of likely N-dealkylation sites (tertiary alicyclic amines) is 1. The first-order chi connectivity index (χ1) is 7.86. The molecule has 0 saturated carbocycles. The van der Waals surface area contributed by atoms with Gasteiger partial charge < -0.3 is 4.90 Å². The van der Waals surface area contributed by atoms with Gasteiger partial charge in [-0.15, -0.1) is 0 Å². The van der Waals surface area contributed by atoms with Gasteiger partial charge in [-0.1, -0.05) is 46.0 Å². The Morgan fingerprint density at radius 1 is 1.00 bits per heavy atom. The summed E-state index contributed by atoms with van der Waals surface area (Å²) >= 11 is 0. The summed E-state index contributed by atoms with van der Waals surface area (Å²) in [6.07, 6.45) is 12.9. The van der Waals surface area contributed by atoms with E-state index in [2.05, 4.69) is 18.7 Å². The van der Waals surface area contributed by atoms with Crippen molar-refractivity contribution in [2.45, 2.75) is 71.6 Å². The van der Waals surface area contributed by atoms with E-state index in [-0.39, 0.29) is 4.70 Å². The largest absolute Gasteiger partial charge is 0.303 e. The molecule has 0 radical (unpaired) electrons. The van der Waals surface area contributed by atoms with Gasteiger partial charge in [0.2, 0.25) is 0 Å². The Morgan fingerprint density at radius 3 is 2.47 bits per heavy atom. The third-order valence-corrected chi connectivity index (χ3v) is 3.88. The first kappa shape index (κ1) is 16.9. The van der Waals surface area contributed by atoms with Gasteiger partial charge in [0.15, 0.2) is 0 Å². The van der Waals surface area contributed by atoms with Crippen LogP contribution in [0.15, 0.2) is 0 Å². The van der Waals surface area contributed by atoms with Crippen molar-refractivity contribution >= 4 is 0 Å². The first-order valence-electron chi connectivity index (χ1n) is 7.59. The summed E-state index contributed by atoms with van der Waals surface area (Å²) in [5.74, 6) is 1.01. The van der Waals surface area contributed by atoms with Crippen LogP contribution in [0.25, 0.3) is 0 Å². The van der Waals surface area contributed by atoms with Crippen LogP contribution in [0.4, 0.5) is 4.70 Å². The van der Waals surface area contributed by atoms with Crippen LogP contribution in [0.1, 0.15) is 71.6 Å². The zero-order chi connectivity index (χ0) is 11.6. The zero-order valence-electron chi connectivity index (χ0n) is 11.9. The molecule has 104 valence electrons. The van der Waals surface area contributed by atoms with Crippen LogP contribution in [0.3, 0.4) is 0 Å². The van der Waals surface area contributed by atoms with Crippen molar-refractivity contribution in [3.63, 3.8) is 0 Å². The summed E-state index contributed by atoms with van der Waals surface area (Å²) in [5, 5.41) is 0. The van der Waals surface area contributed by atoms with Gasteiger partial charge >= 0.3 is 0 Å². The maximum Gasteiger partial charge on any atom is 0.000966 e. The Balaban J connectivity index is 0.00000256. The minimum atomic E-state index is 0. The molecule has 1 rings (SSSR count). The molecule has 0 spiro atoms. The van der Waals surface area contributed by atoms with Crippen LogP contribution in [0.5, 0.6) is 0 Å². The van der Waals surface area contributed by atoms with Gasteiger partial charge in [0.25, 0.3) is 0 Å². The second-order valence-corrected chi connectivity index (χ2v) is 5.51. The maximum absolute atomic E-state index is 2.72. The molecule has 0 aromatic heterocycles. The Bertz CT molecular complexity index is 159. The molecule has 1 fully saturated rings. The Hall–Kier alpha value is -0.110. The first-order valence-corrected chi connectivity index (χ1v) is 7.59. The van der Waals surface area contributed by atoms with Gasteiger partial charge in [0.1, 0.15) is 0 Å². The molecule has 0 aliphatic carbocycles. The van der Waals surface area contributed by atoms with Crippen LogP contribution in [0, 0.1) is 5.92 Å². The van der Waals surface area contributed by atoms with E-state index >= 15 is 0 Å². The molecule has 0 aromatic carbocycles. The maximum atomic E-state index is 2.72. The molecule has 2 heteroatoms. The highest BCUT2D eigenvalue weighted by Crippen LogP contribution is 2.21. The number of piperidine rings is 1. The number of halogens is 1. The lowest BCUT2D eigenvalue weighted by Gasteiger charge is -2.32. The molecule has 1 aliphatic rings. The van der Waals surface area contributed by atoms with E-state index in [1.807, 2.05) is 0 Å². The number of hydrogen-bond acceptors (Lipinski definition) is 1. The minimum absolute atomic E-state index is 0. The third kappa shape index (κ3) is 7.75. The summed E-state index contributed by atoms with van der Waals surface area (Å²) < 4.78 is 0. The molecule has 1 saturated heterocycles. The summed E-state index contributed by atoms with van der Waals surface area (Å²) in [6.45, 7) is 8.74. The van der Waals surface area contributed by atoms with Gasteiger partial charge in [0, 0.05) is 6.54 Å². The van der Waals surface area contributed by atoms with Gasteiger partial charge in [-0.05, 0) is 44.7 Å². The van der Waals surface area contributed by atoms with E-state index in [9.17, 15) is 0 Å². The molecule has 1 heterocycles. The molecule has 1 unspecified atom stereocenters. The van der Waals surface area contributed by atoms with Gasteiger partial charge in [0.05, 0.1) is 0 Å². The highest BCUT2D eigenvalue weighted by atomic mass is 19.0. The highest BCUT2D eigenvalue weighted by Gasteiger charge is 2.18. The lowest BCUT2D eigenvalue weighted by atomic mass is 9.93. The molecule has 1 nitrogen and oxygen atoms in total.